The molecule has 1 heterocycles. The molecule has 0 spiro atoms. The summed E-state index contributed by atoms with van der Waals surface area (Å²) in [7, 11) is 1.76. The highest BCUT2D eigenvalue weighted by molar-refractivity contribution is 6.35. The Morgan fingerprint density at radius 2 is 1.93 bits per heavy atom. The van der Waals surface area contributed by atoms with Crippen molar-refractivity contribution < 1.29 is 4.74 Å². The molecule has 2 N–H and O–H groups in total. The van der Waals surface area contributed by atoms with E-state index in [9.17, 15) is 0 Å². The third-order valence-corrected chi connectivity index (χ3v) is 5.36. The van der Waals surface area contributed by atoms with Crippen molar-refractivity contribution in [3.63, 3.8) is 0 Å². The van der Waals surface area contributed by atoms with Crippen molar-refractivity contribution in [3.05, 3.63) is 63.6 Å². The fourth-order valence-corrected chi connectivity index (χ4v) is 3.85. The number of nitrogens with one attached hydrogen (secondary N) is 2. The van der Waals surface area contributed by atoms with Gasteiger partial charge in [-0.3, -0.25) is 4.99 Å². The number of guanidine groups is 1. The molecule has 1 atom stereocenters. The average Bonchev–Trinajstić information content (AvgIpc) is 2.71. The number of ether oxygens (including phenoxy) is 1. The molecule has 1 unspecified atom stereocenters. The first kappa shape index (κ1) is 20.8. The van der Waals surface area contributed by atoms with Crippen LogP contribution in [0.5, 0.6) is 0 Å². The smallest absolute Gasteiger partial charge is 0.191 e. The monoisotopic (exact) mass is 420 g/mol. The van der Waals surface area contributed by atoms with Crippen LogP contribution in [0.15, 0.2) is 47.5 Å². The van der Waals surface area contributed by atoms with Gasteiger partial charge < -0.3 is 20.3 Å². The maximum absolute atomic E-state index is 6.33. The van der Waals surface area contributed by atoms with Crippen LogP contribution in [-0.2, 0) is 11.3 Å². The van der Waals surface area contributed by atoms with Crippen LogP contribution in [0.3, 0.4) is 0 Å². The lowest BCUT2D eigenvalue weighted by Gasteiger charge is -2.30. The first-order chi connectivity index (χ1) is 13.6. The summed E-state index contributed by atoms with van der Waals surface area (Å²) in [5, 5.41) is 8.07. The summed E-state index contributed by atoms with van der Waals surface area (Å²) in [6.45, 7) is 6.08. The third-order valence-electron chi connectivity index (χ3n) is 4.80. The van der Waals surface area contributed by atoms with Crippen LogP contribution in [-0.4, -0.2) is 39.3 Å². The molecule has 1 aliphatic rings. The van der Waals surface area contributed by atoms with E-state index in [4.69, 9.17) is 27.9 Å². The predicted octanol–water partition coefficient (Wildman–Crippen LogP) is 4.26. The van der Waals surface area contributed by atoms with Crippen molar-refractivity contribution in [3.8, 4) is 0 Å². The standard InChI is InChI=1S/C21H26Cl2N4O/c1-15(18-8-7-17(22)13-19(18)23)26-21(24-2)25-14-16-5-3-4-6-20(16)27-9-11-28-12-10-27/h3-8,13,15H,9-12,14H2,1-2H3,(H2,24,25,26). The van der Waals surface area contributed by atoms with E-state index in [1.165, 1.54) is 11.3 Å². The van der Waals surface area contributed by atoms with Crippen molar-refractivity contribution >= 4 is 34.8 Å². The van der Waals surface area contributed by atoms with Crippen molar-refractivity contribution in [2.24, 2.45) is 4.99 Å². The number of para-hydroxylation sites is 1. The van der Waals surface area contributed by atoms with Crippen LogP contribution in [0.1, 0.15) is 24.1 Å². The van der Waals surface area contributed by atoms with E-state index in [0.29, 0.717) is 16.6 Å². The molecule has 28 heavy (non-hydrogen) atoms. The van der Waals surface area contributed by atoms with Gasteiger partial charge in [-0.15, -0.1) is 0 Å². The number of aliphatic imine (C=N–C) groups is 1. The van der Waals surface area contributed by atoms with E-state index in [2.05, 4.69) is 44.8 Å². The minimum atomic E-state index is -0.00884. The molecule has 0 radical (unpaired) electrons. The number of hydrogen-bond acceptors (Lipinski definition) is 3. The van der Waals surface area contributed by atoms with Gasteiger partial charge >= 0.3 is 0 Å². The molecular weight excluding hydrogens is 395 g/mol. The number of anilines is 1. The second-order valence-electron chi connectivity index (χ2n) is 6.69. The normalized spacial score (nSPS) is 16.0. The van der Waals surface area contributed by atoms with E-state index in [1.807, 2.05) is 19.1 Å². The third kappa shape index (κ3) is 5.31. The second-order valence-corrected chi connectivity index (χ2v) is 7.53. The topological polar surface area (TPSA) is 48.9 Å². The van der Waals surface area contributed by atoms with Gasteiger partial charge in [-0.2, -0.15) is 0 Å². The first-order valence-electron chi connectivity index (χ1n) is 9.41. The van der Waals surface area contributed by atoms with Gasteiger partial charge in [0.2, 0.25) is 0 Å². The number of halogens is 2. The van der Waals surface area contributed by atoms with Gasteiger partial charge in [0, 0.05) is 42.4 Å². The summed E-state index contributed by atoms with van der Waals surface area (Å²) < 4.78 is 5.47. The fourth-order valence-electron chi connectivity index (χ4n) is 3.28. The van der Waals surface area contributed by atoms with Crippen molar-refractivity contribution in [2.75, 3.05) is 38.3 Å². The number of morpholine rings is 1. The predicted molar refractivity (Wildman–Crippen MR) is 118 cm³/mol. The summed E-state index contributed by atoms with van der Waals surface area (Å²) in [5.74, 6) is 0.718. The van der Waals surface area contributed by atoms with E-state index in [1.54, 1.807) is 13.1 Å². The average molecular weight is 421 g/mol. The van der Waals surface area contributed by atoms with Gasteiger partial charge in [-0.25, -0.2) is 0 Å². The zero-order valence-corrected chi connectivity index (χ0v) is 17.7. The summed E-state index contributed by atoms with van der Waals surface area (Å²) >= 11 is 12.3. The SMILES string of the molecule is CN=C(NCc1ccccc1N1CCOCC1)NC(C)c1ccc(Cl)cc1Cl. The molecule has 5 nitrogen and oxygen atoms in total. The van der Waals surface area contributed by atoms with Crippen molar-refractivity contribution in [2.45, 2.75) is 19.5 Å². The summed E-state index contributed by atoms with van der Waals surface area (Å²) in [6, 6.07) is 14.0. The van der Waals surface area contributed by atoms with Gasteiger partial charge in [0.25, 0.3) is 0 Å². The molecule has 7 heteroatoms. The molecule has 1 saturated heterocycles. The Morgan fingerprint density at radius 1 is 1.18 bits per heavy atom. The Morgan fingerprint density at radius 3 is 2.64 bits per heavy atom. The Labute approximate surface area is 176 Å². The molecule has 0 aromatic heterocycles. The highest BCUT2D eigenvalue weighted by atomic mass is 35.5. The van der Waals surface area contributed by atoms with Crippen LogP contribution in [0.2, 0.25) is 10.0 Å². The molecule has 150 valence electrons. The lowest BCUT2D eigenvalue weighted by molar-refractivity contribution is 0.122. The lowest BCUT2D eigenvalue weighted by atomic mass is 10.1. The van der Waals surface area contributed by atoms with Crippen molar-refractivity contribution in [1.82, 2.24) is 10.6 Å². The molecule has 2 aromatic rings. The summed E-state index contributed by atoms with van der Waals surface area (Å²) in [4.78, 5) is 6.72. The maximum Gasteiger partial charge on any atom is 0.191 e. The van der Waals surface area contributed by atoms with Gasteiger partial charge in [0.05, 0.1) is 19.3 Å². The van der Waals surface area contributed by atoms with Crippen molar-refractivity contribution in [1.29, 1.82) is 0 Å². The molecule has 3 rings (SSSR count). The Balaban J connectivity index is 1.64. The Bertz CT molecular complexity index is 822. The fraction of sp³-hybridized carbons (Fsp3) is 0.381. The Hall–Kier alpha value is -1.95. The largest absolute Gasteiger partial charge is 0.378 e. The molecule has 0 amide bonds. The van der Waals surface area contributed by atoms with Crippen LogP contribution in [0, 0.1) is 0 Å². The van der Waals surface area contributed by atoms with Gasteiger partial charge in [0.1, 0.15) is 0 Å². The zero-order valence-electron chi connectivity index (χ0n) is 16.2. The highest BCUT2D eigenvalue weighted by Crippen LogP contribution is 2.26. The quantitative estimate of drug-likeness (QED) is 0.560. The zero-order chi connectivity index (χ0) is 19.9. The molecule has 1 fully saturated rings. The maximum atomic E-state index is 6.33. The van der Waals surface area contributed by atoms with Crippen LogP contribution in [0.4, 0.5) is 5.69 Å². The van der Waals surface area contributed by atoms with E-state index in [0.717, 1.165) is 37.8 Å². The molecule has 1 aliphatic heterocycles. The van der Waals surface area contributed by atoms with Crippen LogP contribution in [0.25, 0.3) is 0 Å². The molecule has 0 aliphatic carbocycles. The lowest BCUT2D eigenvalue weighted by Crippen LogP contribution is -2.39. The van der Waals surface area contributed by atoms with Gasteiger partial charge in [-0.05, 0) is 36.2 Å². The minimum Gasteiger partial charge on any atom is -0.378 e. The summed E-state index contributed by atoms with van der Waals surface area (Å²) in [6.07, 6.45) is 0. The molecular formula is C21H26Cl2N4O. The Kier molecular flexibility index (Phi) is 7.43. The van der Waals surface area contributed by atoms with E-state index in [-0.39, 0.29) is 6.04 Å². The van der Waals surface area contributed by atoms with Crippen LogP contribution >= 0.6 is 23.2 Å². The highest BCUT2D eigenvalue weighted by Gasteiger charge is 2.15. The molecule has 0 bridgehead atoms. The number of nitrogens with zero attached hydrogens (tertiary/aromatic N) is 2. The van der Waals surface area contributed by atoms with E-state index < -0.39 is 0 Å². The molecule has 2 aromatic carbocycles. The van der Waals surface area contributed by atoms with Gasteiger partial charge in [-0.1, -0.05) is 47.5 Å². The number of hydrogen-bond donors (Lipinski definition) is 2. The van der Waals surface area contributed by atoms with Gasteiger partial charge in [0.15, 0.2) is 5.96 Å². The van der Waals surface area contributed by atoms with E-state index >= 15 is 0 Å². The second kappa shape index (κ2) is 10.0. The number of benzene rings is 2. The van der Waals surface area contributed by atoms with Crippen LogP contribution < -0.4 is 15.5 Å². The first-order valence-corrected chi connectivity index (χ1v) is 10.2. The summed E-state index contributed by atoms with van der Waals surface area (Å²) in [5.41, 5.74) is 3.44. The minimum absolute atomic E-state index is 0.00884. The molecule has 0 saturated carbocycles. The number of rotatable bonds is 5.